The molecular weight excluding hydrogens is 350 g/mol. The van der Waals surface area contributed by atoms with E-state index in [0.29, 0.717) is 48.9 Å². The molecule has 1 fully saturated rings. The van der Waals surface area contributed by atoms with Crippen LogP contribution in [-0.2, 0) is 0 Å². The molecule has 0 bridgehead atoms. The van der Waals surface area contributed by atoms with E-state index in [0.717, 1.165) is 0 Å². The number of ether oxygens (including phenoxy) is 2. The highest BCUT2D eigenvalue weighted by Crippen LogP contribution is 2.30. The molecule has 0 N–H and O–H groups in total. The summed E-state index contributed by atoms with van der Waals surface area (Å²) in [5, 5.41) is 11.2. The van der Waals surface area contributed by atoms with Gasteiger partial charge >= 0.3 is 0 Å². The second kappa shape index (κ2) is 7.94. The van der Waals surface area contributed by atoms with E-state index in [-0.39, 0.29) is 16.5 Å². The molecule has 2 aromatic carbocycles. The summed E-state index contributed by atoms with van der Waals surface area (Å²) in [6.07, 6.45) is 0. The van der Waals surface area contributed by atoms with Crippen LogP contribution in [0.25, 0.3) is 0 Å². The van der Waals surface area contributed by atoms with Crippen molar-refractivity contribution in [1.82, 2.24) is 4.90 Å². The normalized spacial score (nSPS) is 14.0. The molecule has 0 atom stereocenters. The summed E-state index contributed by atoms with van der Waals surface area (Å²) < 4.78 is 10.5. The number of anilines is 1. The van der Waals surface area contributed by atoms with Gasteiger partial charge in [0.25, 0.3) is 11.6 Å². The number of nitro groups is 1. The average Bonchev–Trinajstić information content (AvgIpc) is 2.72. The predicted molar refractivity (Wildman–Crippen MR) is 101 cm³/mol. The van der Waals surface area contributed by atoms with E-state index in [1.54, 1.807) is 48.4 Å². The maximum Gasteiger partial charge on any atom is 0.292 e. The molecule has 27 heavy (non-hydrogen) atoms. The molecule has 8 nitrogen and oxygen atoms in total. The smallest absolute Gasteiger partial charge is 0.292 e. The van der Waals surface area contributed by atoms with Crippen LogP contribution < -0.4 is 14.4 Å². The molecule has 1 heterocycles. The molecule has 0 radical (unpaired) electrons. The van der Waals surface area contributed by atoms with Crippen molar-refractivity contribution in [1.29, 1.82) is 0 Å². The van der Waals surface area contributed by atoms with E-state index in [1.807, 2.05) is 4.90 Å². The third-order valence-electron chi connectivity index (χ3n) is 4.62. The highest BCUT2D eigenvalue weighted by atomic mass is 16.6. The van der Waals surface area contributed by atoms with Crippen LogP contribution in [0.3, 0.4) is 0 Å². The molecule has 1 aliphatic rings. The maximum absolute atomic E-state index is 12.8. The van der Waals surface area contributed by atoms with Crippen molar-refractivity contribution in [3.05, 3.63) is 58.1 Å². The van der Waals surface area contributed by atoms with Gasteiger partial charge in [-0.15, -0.1) is 0 Å². The molecule has 0 spiro atoms. The monoisotopic (exact) mass is 371 g/mol. The van der Waals surface area contributed by atoms with Crippen molar-refractivity contribution in [3.8, 4) is 11.5 Å². The van der Waals surface area contributed by atoms with Gasteiger partial charge in [-0.3, -0.25) is 14.9 Å². The summed E-state index contributed by atoms with van der Waals surface area (Å²) in [5.41, 5.74) is 1.18. The van der Waals surface area contributed by atoms with Gasteiger partial charge in [0.15, 0.2) is 11.5 Å². The molecular formula is C19H21N3O5. The summed E-state index contributed by atoms with van der Waals surface area (Å²) in [4.78, 5) is 27.3. The molecule has 0 unspecified atom stereocenters. The van der Waals surface area contributed by atoms with E-state index in [9.17, 15) is 14.9 Å². The van der Waals surface area contributed by atoms with Gasteiger partial charge in [0, 0.05) is 37.8 Å². The number of nitro benzene ring substituents is 1. The Balaban J connectivity index is 1.71. The zero-order chi connectivity index (χ0) is 19.4. The maximum atomic E-state index is 12.8. The molecule has 1 amide bonds. The van der Waals surface area contributed by atoms with Gasteiger partial charge in [-0.25, -0.2) is 0 Å². The van der Waals surface area contributed by atoms with E-state index >= 15 is 0 Å². The minimum absolute atomic E-state index is 0.0807. The summed E-state index contributed by atoms with van der Waals surface area (Å²) in [7, 11) is 3.07. The summed E-state index contributed by atoms with van der Waals surface area (Å²) in [6.45, 7) is 2.03. The Morgan fingerprint density at radius 1 is 1.00 bits per heavy atom. The number of amides is 1. The van der Waals surface area contributed by atoms with Gasteiger partial charge in [-0.2, -0.15) is 0 Å². The number of benzene rings is 2. The molecule has 142 valence electrons. The summed E-state index contributed by atoms with van der Waals surface area (Å²) in [6, 6.07) is 11.7. The van der Waals surface area contributed by atoms with Crippen molar-refractivity contribution < 1.29 is 19.2 Å². The molecule has 0 aromatic heterocycles. The number of rotatable bonds is 5. The minimum Gasteiger partial charge on any atom is -0.493 e. The van der Waals surface area contributed by atoms with Crippen LogP contribution >= 0.6 is 0 Å². The Bertz CT molecular complexity index is 847. The fourth-order valence-corrected chi connectivity index (χ4v) is 3.19. The van der Waals surface area contributed by atoms with Crippen LogP contribution in [0.5, 0.6) is 11.5 Å². The van der Waals surface area contributed by atoms with Crippen LogP contribution in [0, 0.1) is 10.1 Å². The number of carbonyl (C=O) groups excluding carboxylic acids is 1. The first-order valence-electron chi connectivity index (χ1n) is 8.55. The lowest BCUT2D eigenvalue weighted by molar-refractivity contribution is -0.384. The molecule has 0 saturated carbocycles. The number of nitrogens with zero attached hydrogens (tertiary/aromatic N) is 3. The van der Waals surface area contributed by atoms with Crippen LogP contribution in [-0.4, -0.2) is 56.1 Å². The average molecular weight is 371 g/mol. The number of para-hydroxylation sites is 2. The van der Waals surface area contributed by atoms with Crippen molar-refractivity contribution in [2.45, 2.75) is 0 Å². The van der Waals surface area contributed by atoms with Crippen LogP contribution in [0.2, 0.25) is 0 Å². The fraction of sp³-hybridized carbons (Fsp3) is 0.316. The zero-order valence-corrected chi connectivity index (χ0v) is 15.3. The third kappa shape index (κ3) is 3.79. The number of methoxy groups -OCH3 is 2. The quantitative estimate of drug-likeness (QED) is 0.593. The van der Waals surface area contributed by atoms with Crippen LogP contribution in [0.4, 0.5) is 11.4 Å². The standard InChI is InChI=1S/C19H21N3O5/c1-26-17-8-7-14(13-18(17)27-2)19(23)21-11-9-20(10-12-21)15-5-3-4-6-16(15)22(24)25/h3-8,13H,9-12H2,1-2H3. The number of hydrogen-bond acceptors (Lipinski definition) is 6. The van der Waals surface area contributed by atoms with E-state index in [1.165, 1.54) is 13.2 Å². The largest absolute Gasteiger partial charge is 0.493 e. The van der Waals surface area contributed by atoms with Crippen molar-refractivity contribution in [2.75, 3.05) is 45.3 Å². The second-order valence-corrected chi connectivity index (χ2v) is 6.09. The molecule has 1 aliphatic heterocycles. The van der Waals surface area contributed by atoms with Gasteiger partial charge in [-0.05, 0) is 24.3 Å². The second-order valence-electron chi connectivity index (χ2n) is 6.09. The fourth-order valence-electron chi connectivity index (χ4n) is 3.19. The summed E-state index contributed by atoms with van der Waals surface area (Å²) in [5.74, 6) is 0.968. The Labute approximate surface area is 157 Å². The van der Waals surface area contributed by atoms with E-state index in [2.05, 4.69) is 0 Å². The van der Waals surface area contributed by atoms with Crippen LogP contribution in [0.1, 0.15) is 10.4 Å². The number of piperazine rings is 1. The summed E-state index contributed by atoms with van der Waals surface area (Å²) >= 11 is 0. The van der Waals surface area contributed by atoms with E-state index < -0.39 is 0 Å². The third-order valence-corrected chi connectivity index (χ3v) is 4.62. The Hall–Kier alpha value is -3.29. The highest BCUT2D eigenvalue weighted by Gasteiger charge is 2.26. The number of hydrogen-bond donors (Lipinski definition) is 0. The first kappa shape index (κ1) is 18.5. The molecule has 2 aromatic rings. The van der Waals surface area contributed by atoms with Crippen molar-refractivity contribution >= 4 is 17.3 Å². The van der Waals surface area contributed by atoms with Gasteiger partial charge in [-0.1, -0.05) is 12.1 Å². The molecule has 3 rings (SSSR count). The lowest BCUT2D eigenvalue weighted by Gasteiger charge is -2.35. The lowest BCUT2D eigenvalue weighted by atomic mass is 10.1. The molecule has 0 aliphatic carbocycles. The lowest BCUT2D eigenvalue weighted by Crippen LogP contribution is -2.48. The zero-order valence-electron chi connectivity index (χ0n) is 15.3. The van der Waals surface area contributed by atoms with Crippen molar-refractivity contribution in [2.24, 2.45) is 0 Å². The SMILES string of the molecule is COc1ccc(C(=O)N2CCN(c3ccccc3[N+](=O)[O-])CC2)cc1OC. The Kier molecular flexibility index (Phi) is 5.44. The van der Waals surface area contributed by atoms with Crippen LogP contribution in [0.15, 0.2) is 42.5 Å². The van der Waals surface area contributed by atoms with Crippen molar-refractivity contribution in [3.63, 3.8) is 0 Å². The number of carbonyl (C=O) groups is 1. The van der Waals surface area contributed by atoms with Gasteiger partial charge in [0.2, 0.25) is 0 Å². The topological polar surface area (TPSA) is 85.2 Å². The first-order chi connectivity index (χ1) is 13.0. The predicted octanol–water partition coefficient (Wildman–Crippen LogP) is 2.57. The molecule has 1 saturated heterocycles. The Morgan fingerprint density at radius 2 is 1.67 bits per heavy atom. The van der Waals surface area contributed by atoms with Gasteiger partial charge < -0.3 is 19.3 Å². The van der Waals surface area contributed by atoms with E-state index in [4.69, 9.17) is 9.47 Å². The van der Waals surface area contributed by atoms with Gasteiger partial charge in [0.1, 0.15) is 5.69 Å². The molecule has 8 heteroatoms. The first-order valence-corrected chi connectivity index (χ1v) is 8.55. The van der Waals surface area contributed by atoms with Gasteiger partial charge in [0.05, 0.1) is 19.1 Å². The minimum atomic E-state index is -0.378. The Morgan fingerprint density at radius 3 is 2.30 bits per heavy atom. The highest BCUT2D eigenvalue weighted by molar-refractivity contribution is 5.95.